The second kappa shape index (κ2) is 17.8. The van der Waals surface area contributed by atoms with Gasteiger partial charge in [-0.15, -0.1) is 0 Å². The number of carbonyl (C=O) groups is 4. The normalized spacial score (nSPS) is 22.8. The lowest BCUT2D eigenvalue weighted by Crippen LogP contribution is -2.57. The van der Waals surface area contributed by atoms with Gasteiger partial charge in [-0.05, 0) is 86.3 Å². The molecule has 1 saturated carbocycles. The maximum Gasteiger partial charge on any atom is 0.407 e. The SMILES string of the molecule is COC(=O)N[C@H](C(=O)N1CCC[C@H]1c1ncc(-c2ccc(-c3ccc(-c4nc5[nH]c4COCC=CCCC[C@@](C)(NC(=O)OC)C(=O)N4CC6(CC6)C[C@@H]54)cc3)cc2)[nH]1)C(C)C. The van der Waals surface area contributed by atoms with Crippen LogP contribution in [0.15, 0.2) is 66.9 Å². The Labute approximate surface area is 362 Å². The van der Waals surface area contributed by atoms with Crippen LogP contribution in [-0.2, 0) is 30.4 Å². The number of benzene rings is 2. The minimum Gasteiger partial charge on any atom is -0.453 e. The summed E-state index contributed by atoms with van der Waals surface area (Å²) in [6.45, 7) is 7.59. The van der Waals surface area contributed by atoms with Crippen molar-refractivity contribution in [3.63, 3.8) is 0 Å². The van der Waals surface area contributed by atoms with Gasteiger partial charge in [-0.2, -0.15) is 0 Å². The van der Waals surface area contributed by atoms with Crippen LogP contribution in [0.25, 0.3) is 33.6 Å². The van der Waals surface area contributed by atoms with Crippen molar-refractivity contribution >= 4 is 24.0 Å². The number of hydrogen-bond acceptors (Lipinski definition) is 9. The van der Waals surface area contributed by atoms with Gasteiger partial charge in [0, 0.05) is 18.7 Å². The molecule has 2 aromatic carbocycles. The number of amides is 4. The molecule has 1 spiro atoms. The number of allylic oxidation sites excluding steroid dienone is 1. The Hall–Kier alpha value is -5.96. The Balaban J connectivity index is 1.00. The van der Waals surface area contributed by atoms with E-state index in [0.717, 1.165) is 95.9 Å². The Morgan fingerprint density at radius 3 is 2.24 bits per heavy atom. The van der Waals surface area contributed by atoms with Crippen LogP contribution in [0, 0.1) is 11.3 Å². The summed E-state index contributed by atoms with van der Waals surface area (Å²) in [5.41, 5.74) is 5.41. The van der Waals surface area contributed by atoms with Crippen LogP contribution in [-0.4, -0.2) is 99.2 Å². The molecule has 2 bridgehead atoms. The molecule has 2 aromatic heterocycles. The van der Waals surface area contributed by atoms with Gasteiger partial charge in [-0.3, -0.25) is 9.59 Å². The molecular weight excluding hydrogens is 789 g/mol. The zero-order valence-corrected chi connectivity index (χ0v) is 36.3. The highest BCUT2D eigenvalue weighted by atomic mass is 16.5. The van der Waals surface area contributed by atoms with Crippen LogP contribution in [0.1, 0.15) is 102 Å². The average molecular weight is 847 g/mol. The lowest BCUT2D eigenvalue weighted by atomic mass is 9.92. The molecule has 328 valence electrons. The Morgan fingerprint density at radius 2 is 1.56 bits per heavy atom. The molecule has 15 nitrogen and oxygen atoms in total. The molecule has 1 aliphatic carbocycles. The number of aromatic nitrogens is 4. The number of aromatic amines is 2. The molecule has 3 fully saturated rings. The van der Waals surface area contributed by atoms with Crippen molar-refractivity contribution < 1.29 is 33.4 Å². The summed E-state index contributed by atoms with van der Waals surface area (Å²) in [7, 11) is 2.61. The average Bonchev–Trinajstić information content (AvgIpc) is 3.76. The van der Waals surface area contributed by atoms with E-state index >= 15 is 0 Å². The van der Waals surface area contributed by atoms with Crippen LogP contribution < -0.4 is 10.6 Å². The van der Waals surface area contributed by atoms with Gasteiger partial charge in [0.05, 0.1) is 62.8 Å². The van der Waals surface area contributed by atoms with E-state index in [2.05, 4.69) is 75.2 Å². The Morgan fingerprint density at radius 1 is 0.871 bits per heavy atom. The number of carbonyl (C=O) groups excluding carboxylic acids is 4. The highest BCUT2D eigenvalue weighted by Gasteiger charge is 2.56. The first-order valence-electron chi connectivity index (χ1n) is 21.8. The number of fused-ring (bicyclic) bond motifs is 4. The van der Waals surface area contributed by atoms with Crippen LogP contribution in [0.2, 0.25) is 0 Å². The first kappa shape index (κ1) is 42.7. The van der Waals surface area contributed by atoms with Crippen molar-refractivity contribution in [3.05, 3.63) is 84.2 Å². The van der Waals surface area contributed by atoms with Crippen molar-refractivity contribution in [2.24, 2.45) is 11.3 Å². The number of nitrogens with one attached hydrogen (secondary N) is 4. The maximum absolute atomic E-state index is 14.5. The second-order valence-corrected chi connectivity index (χ2v) is 17.8. The fourth-order valence-corrected chi connectivity index (χ4v) is 9.30. The number of rotatable bonds is 8. The molecule has 4 amide bonds. The molecule has 0 radical (unpaired) electrons. The summed E-state index contributed by atoms with van der Waals surface area (Å²) in [4.78, 5) is 73.3. The predicted octanol–water partition coefficient (Wildman–Crippen LogP) is 7.60. The second-order valence-electron chi connectivity index (χ2n) is 17.8. The van der Waals surface area contributed by atoms with Gasteiger partial charge < -0.3 is 44.6 Å². The molecule has 0 unspecified atom stereocenters. The van der Waals surface area contributed by atoms with E-state index < -0.39 is 23.8 Å². The molecule has 4 aliphatic rings. The number of imidazole rings is 2. The van der Waals surface area contributed by atoms with Gasteiger partial charge >= 0.3 is 12.2 Å². The number of alkyl carbamates (subject to hydrolysis) is 2. The third-order valence-electron chi connectivity index (χ3n) is 13.1. The Kier molecular flexibility index (Phi) is 12.3. The van der Waals surface area contributed by atoms with Crippen LogP contribution in [0.5, 0.6) is 0 Å². The van der Waals surface area contributed by atoms with Crippen molar-refractivity contribution in [1.29, 1.82) is 0 Å². The van der Waals surface area contributed by atoms with E-state index in [-0.39, 0.29) is 35.2 Å². The first-order valence-corrected chi connectivity index (χ1v) is 21.8. The quantitative estimate of drug-likeness (QED) is 0.130. The molecule has 15 heteroatoms. The van der Waals surface area contributed by atoms with Gasteiger partial charge in [0.15, 0.2) is 0 Å². The smallest absolute Gasteiger partial charge is 0.407 e. The minimum absolute atomic E-state index is 0.0711. The third kappa shape index (κ3) is 8.85. The van der Waals surface area contributed by atoms with Gasteiger partial charge in [-0.25, -0.2) is 19.6 Å². The Bertz CT molecular complexity index is 2300. The largest absolute Gasteiger partial charge is 0.453 e. The van der Waals surface area contributed by atoms with Gasteiger partial charge in [0.1, 0.15) is 23.2 Å². The number of methoxy groups -OCH3 is 2. The molecule has 62 heavy (non-hydrogen) atoms. The van der Waals surface area contributed by atoms with Gasteiger partial charge in [-0.1, -0.05) is 74.5 Å². The summed E-state index contributed by atoms with van der Waals surface area (Å²) >= 11 is 0. The fraction of sp³-hybridized carbons (Fsp3) is 0.489. The van der Waals surface area contributed by atoms with E-state index in [1.54, 1.807) is 13.1 Å². The molecular formula is C47H58N8O7. The van der Waals surface area contributed by atoms with Crippen LogP contribution in [0.4, 0.5) is 9.59 Å². The van der Waals surface area contributed by atoms with E-state index in [9.17, 15) is 19.2 Å². The predicted molar refractivity (Wildman–Crippen MR) is 232 cm³/mol. The zero-order chi connectivity index (χ0) is 43.6. The van der Waals surface area contributed by atoms with E-state index in [1.807, 2.05) is 29.7 Å². The van der Waals surface area contributed by atoms with Gasteiger partial charge in [0.25, 0.3) is 0 Å². The molecule has 3 aliphatic heterocycles. The van der Waals surface area contributed by atoms with Gasteiger partial charge in [0.2, 0.25) is 11.8 Å². The van der Waals surface area contributed by atoms with E-state index in [0.29, 0.717) is 32.7 Å². The lowest BCUT2D eigenvalue weighted by molar-refractivity contribution is -0.139. The number of H-pyrrole nitrogens is 2. The molecule has 4 aromatic rings. The number of nitrogens with zero attached hydrogens (tertiary/aromatic N) is 4. The summed E-state index contributed by atoms with van der Waals surface area (Å²) < 4.78 is 15.9. The van der Waals surface area contributed by atoms with Crippen molar-refractivity contribution in [3.8, 4) is 33.6 Å². The monoisotopic (exact) mass is 846 g/mol. The number of ether oxygens (including phenoxy) is 3. The molecule has 8 rings (SSSR count). The van der Waals surface area contributed by atoms with E-state index in [1.165, 1.54) is 14.2 Å². The van der Waals surface area contributed by atoms with Crippen LogP contribution >= 0.6 is 0 Å². The lowest BCUT2D eigenvalue weighted by Gasteiger charge is -2.35. The standard InChI is InChI=1S/C47H58N8O7/c1-29(2)38(52-44(58)60-4)42(56)54-23-10-11-36(54)40-48-26-34(49-40)32-16-12-30(13-17-32)31-14-18-33(19-15-31)39-35-27-62-24-9-7-6-8-20-46(3,53-45(59)61-5)43(57)55-28-47(21-22-47)25-37(55)41(50-35)51-39/h7,9,12-19,26,29,36-38H,6,8,10-11,20-25,27-28H2,1-5H3,(H,48,49)(H,50,51)(H,52,58)(H,53,59)/t36-,37-,38-,46+/m0/s1. The molecule has 5 heterocycles. The molecule has 4 N–H and O–H groups in total. The van der Waals surface area contributed by atoms with Crippen molar-refractivity contribution in [1.82, 2.24) is 40.4 Å². The van der Waals surface area contributed by atoms with Crippen molar-refractivity contribution in [2.45, 2.75) is 102 Å². The summed E-state index contributed by atoms with van der Waals surface area (Å²) in [6.07, 6.45) is 11.1. The third-order valence-corrected chi connectivity index (χ3v) is 13.1. The minimum atomic E-state index is -1.13. The number of likely N-dealkylation sites (tertiary alicyclic amines) is 1. The highest BCUT2D eigenvalue weighted by molar-refractivity contribution is 5.90. The zero-order valence-electron chi connectivity index (χ0n) is 36.3. The molecule has 2 saturated heterocycles. The fourth-order valence-electron chi connectivity index (χ4n) is 9.30. The summed E-state index contributed by atoms with van der Waals surface area (Å²) in [5.74, 6) is 1.07. The molecule has 4 atom stereocenters. The number of hydrogen-bond donors (Lipinski definition) is 4. The van der Waals surface area contributed by atoms with Crippen LogP contribution in [0.3, 0.4) is 0 Å². The highest BCUT2D eigenvalue weighted by Crippen LogP contribution is 2.58. The summed E-state index contributed by atoms with van der Waals surface area (Å²) in [5, 5.41) is 5.59. The van der Waals surface area contributed by atoms with E-state index in [4.69, 9.17) is 24.2 Å². The topological polar surface area (TPSA) is 184 Å². The summed E-state index contributed by atoms with van der Waals surface area (Å²) in [6, 6.07) is 15.4. The van der Waals surface area contributed by atoms with Crippen molar-refractivity contribution in [2.75, 3.05) is 33.9 Å². The first-order chi connectivity index (χ1) is 29.9. The maximum atomic E-state index is 14.5.